The maximum Gasteiger partial charge on any atom is 0.335 e. The first kappa shape index (κ1) is 21.7. The molecule has 6 nitrogen and oxygen atoms in total. The van der Waals surface area contributed by atoms with Gasteiger partial charge in [-0.05, 0) is 25.0 Å². The zero-order chi connectivity index (χ0) is 21.4. The number of hydrogen-bond donors (Lipinski definition) is 2. The number of aryl methyl sites for hydroxylation is 3. The number of benzene rings is 1. The van der Waals surface area contributed by atoms with Crippen molar-refractivity contribution in [3.05, 3.63) is 83.3 Å². The van der Waals surface area contributed by atoms with Crippen LogP contribution < -0.4 is 5.32 Å². The molecule has 0 saturated carbocycles. The number of carbonyl (C=O) groups is 2. The van der Waals surface area contributed by atoms with Crippen LogP contribution in [0.1, 0.15) is 28.5 Å². The number of anilines is 1. The van der Waals surface area contributed by atoms with Gasteiger partial charge in [0.05, 0.1) is 17.2 Å². The summed E-state index contributed by atoms with van der Waals surface area (Å²) < 4.78 is 1.62. The first-order chi connectivity index (χ1) is 13.8. The number of aromatic nitrogens is 2. The van der Waals surface area contributed by atoms with Crippen molar-refractivity contribution in [1.82, 2.24) is 9.78 Å². The summed E-state index contributed by atoms with van der Waals surface area (Å²) >= 11 is 0. The summed E-state index contributed by atoms with van der Waals surface area (Å²) in [5.74, 6) is 2.59. The van der Waals surface area contributed by atoms with Gasteiger partial charge in [0.25, 0.3) is 5.91 Å². The molecule has 1 aliphatic rings. The van der Waals surface area contributed by atoms with E-state index >= 15 is 0 Å². The smallest absolute Gasteiger partial charge is 0.335 e. The van der Waals surface area contributed by atoms with Crippen molar-refractivity contribution < 1.29 is 14.7 Å². The van der Waals surface area contributed by atoms with Crippen LogP contribution in [-0.2, 0) is 18.3 Å². The predicted octanol–water partition coefficient (Wildman–Crippen LogP) is 3.40. The Balaban J connectivity index is 0.000000234. The molecule has 1 amide bonds. The van der Waals surface area contributed by atoms with Crippen LogP contribution in [0.5, 0.6) is 0 Å². The van der Waals surface area contributed by atoms with Crippen LogP contribution in [0.25, 0.3) is 0 Å². The third kappa shape index (κ3) is 5.94. The molecule has 1 aromatic carbocycles. The van der Waals surface area contributed by atoms with Crippen molar-refractivity contribution in [2.75, 3.05) is 5.32 Å². The van der Waals surface area contributed by atoms with E-state index in [2.05, 4.69) is 22.8 Å². The average molecular weight is 388 g/mol. The highest BCUT2D eigenvalue weighted by Gasteiger charge is 2.15. The van der Waals surface area contributed by atoms with Crippen LogP contribution in [0, 0.1) is 31.6 Å². The number of hydrogen-bond acceptors (Lipinski definition) is 3. The third-order valence-electron chi connectivity index (χ3n) is 4.09. The fraction of sp³-hybridized carbons (Fsp3) is 0.174. The van der Waals surface area contributed by atoms with E-state index in [1.165, 1.54) is 0 Å². The zero-order valence-electron chi connectivity index (χ0n) is 16.6. The Morgan fingerprint density at radius 2 is 2.07 bits per heavy atom. The highest BCUT2D eigenvalue weighted by atomic mass is 16.4. The molecular weight excluding hydrogens is 366 g/mol. The van der Waals surface area contributed by atoms with Crippen molar-refractivity contribution in [3.63, 3.8) is 0 Å². The first-order valence-electron chi connectivity index (χ1n) is 8.97. The molecule has 1 aliphatic carbocycles. The molecule has 0 spiro atoms. The Hall–Kier alpha value is -3.59. The van der Waals surface area contributed by atoms with Gasteiger partial charge in [0.2, 0.25) is 0 Å². The zero-order valence-corrected chi connectivity index (χ0v) is 16.6. The molecule has 3 rings (SSSR count). The number of terminal acetylenes is 1. The number of aromatic carboxylic acids is 1. The van der Waals surface area contributed by atoms with Crippen LogP contribution in [0.4, 0.5) is 5.82 Å². The lowest BCUT2D eigenvalue weighted by molar-refractivity contribution is -0.112. The van der Waals surface area contributed by atoms with Crippen molar-refractivity contribution in [2.24, 2.45) is 7.05 Å². The summed E-state index contributed by atoms with van der Waals surface area (Å²) in [7, 11) is 1.77. The molecule has 147 valence electrons. The Morgan fingerprint density at radius 1 is 1.34 bits per heavy atom. The lowest BCUT2D eigenvalue weighted by Gasteiger charge is -2.10. The molecule has 0 fully saturated rings. The van der Waals surface area contributed by atoms with Gasteiger partial charge in [-0.3, -0.25) is 9.48 Å². The SMILES string of the molecule is C#C[C]1[C]C=CC(C(=O)Nc2cc(C)nn2C)=C1.CCc1ccccc1C(=O)O. The molecule has 2 N–H and O–H groups in total. The topological polar surface area (TPSA) is 84.2 Å². The second kappa shape index (κ2) is 10.1. The molecule has 29 heavy (non-hydrogen) atoms. The third-order valence-corrected chi connectivity index (χ3v) is 4.09. The van der Waals surface area contributed by atoms with Gasteiger partial charge in [-0.1, -0.05) is 49.3 Å². The number of nitrogens with one attached hydrogen (secondary N) is 1. The minimum absolute atomic E-state index is 0.219. The Bertz CT molecular complexity index is 993. The highest BCUT2D eigenvalue weighted by molar-refractivity contribution is 6.06. The Labute approximate surface area is 170 Å². The predicted molar refractivity (Wildman–Crippen MR) is 112 cm³/mol. The standard InChI is InChI=1S/C14H12N3O.C9H10O2/c1-4-11-6-5-7-12(9-11)14(18)15-13-8-10(2)16-17(13)3;1-2-7-5-3-4-6-8(7)9(10)11/h1,5,7-9H,2-3H3,(H,15,18);3-6H,2H2,1H3,(H,10,11). The Morgan fingerprint density at radius 3 is 2.62 bits per heavy atom. The molecule has 2 aromatic rings. The average Bonchev–Trinajstić information content (AvgIpc) is 3.04. The molecule has 0 unspecified atom stereocenters. The van der Waals surface area contributed by atoms with Crippen molar-refractivity contribution in [2.45, 2.75) is 20.3 Å². The van der Waals surface area contributed by atoms with Gasteiger partial charge in [0.1, 0.15) is 5.82 Å². The van der Waals surface area contributed by atoms with Crippen molar-refractivity contribution in [1.29, 1.82) is 0 Å². The summed E-state index contributed by atoms with van der Waals surface area (Å²) in [5.41, 5.74) is 2.65. The largest absolute Gasteiger partial charge is 0.478 e. The minimum atomic E-state index is -0.845. The fourth-order valence-electron chi connectivity index (χ4n) is 2.64. The quantitative estimate of drug-likeness (QED) is 0.787. The Kier molecular flexibility index (Phi) is 7.55. The van der Waals surface area contributed by atoms with E-state index in [0.717, 1.165) is 17.7 Å². The van der Waals surface area contributed by atoms with Gasteiger partial charge in [0, 0.05) is 25.1 Å². The second-order valence-electron chi connectivity index (χ2n) is 6.20. The van der Waals surface area contributed by atoms with Gasteiger partial charge in [0.15, 0.2) is 0 Å². The van der Waals surface area contributed by atoms with Crippen LogP contribution in [0.3, 0.4) is 0 Å². The van der Waals surface area contributed by atoms with Crippen LogP contribution in [0.2, 0.25) is 0 Å². The first-order valence-corrected chi connectivity index (χ1v) is 8.97. The molecule has 0 saturated heterocycles. The van der Waals surface area contributed by atoms with Gasteiger partial charge in [-0.15, -0.1) is 6.42 Å². The number of carbonyl (C=O) groups excluding carboxylic acids is 1. The number of amides is 1. The van der Waals surface area contributed by atoms with Crippen LogP contribution >= 0.6 is 0 Å². The van der Waals surface area contributed by atoms with E-state index in [-0.39, 0.29) is 5.91 Å². The fourth-order valence-corrected chi connectivity index (χ4v) is 2.64. The summed E-state index contributed by atoms with van der Waals surface area (Å²) in [6.45, 7) is 3.81. The molecular formula is C23H22N3O3. The molecule has 0 atom stereocenters. The highest BCUT2D eigenvalue weighted by Crippen LogP contribution is 2.18. The number of carboxylic acid groups (broad SMARTS) is 1. The van der Waals surface area contributed by atoms with Crippen molar-refractivity contribution in [3.8, 4) is 12.3 Å². The summed E-state index contributed by atoms with van der Waals surface area (Å²) in [5, 5.41) is 15.6. The maximum atomic E-state index is 12.0. The second-order valence-corrected chi connectivity index (χ2v) is 6.20. The summed E-state index contributed by atoms with van der Waals surface area (Å²) in [4.78, 5) is 22.6. The van der Waals surface area contributed by atoms with Gasteiger partial charge < -0.3 is 10.4 Å². The summed E-state index contributed by atoms with van der Waals surface area (Å²) in [6.07, 6.45) is 13.8. The lowest BCUT2D eigenvalue weighted by atomic mass is 9.96. The van der Waals surface area contributed by atoms with E-state index in [0.29, 0.717) is 22.9 Å². The number of rotatable bonds is 4. The summed E-state index contributed by atoms with van der Waals surface area (Å²) in [6, 6.07) is 8.85. The number of carboxylic acids is 1. The van der Waals surface area contributed by atoms with E-state index < -0.39 is 5.97 Å². The lowest BCUT2D eigenvalue weighted by Crippen LogP contribution is -2.17. The normalized spacial score (nSPS) is 13.0. The van der Waals surface area contributed by atoms with Gasteiger partial charge in [-0.2, -0.15) is 5.10 Å². The van der Waals surface area contributed by atoms with E-state index in [4.69, 9.17) is 11.5 Å². The number of nitrogens with zero attached hydrogens (tertiary/aromatic N) is 2. The molecule has 0 bridgehead atoms. The van der Waals surface area contributed by atoms with Gasteiger partial charge >= 0.3 is 5.97 Å². The maximum absolute atomic E-state index is 12.0. The minimum Gasteiger partial charge on any atom is -0.478 e. The van der Waals surface area contributed by atoms with Crippen molar-refractivity contribution >= 4 is 17.7 Å². The number of allylic oxidation sites excluding steroid dienone is 2. The van der Waals surface area contributed by atoms with E-state index in [9.17, 15) is 9.59 Å². The molecule has 1 aromatic heterocycles. The van der Waals surface area contributed by atoms with E-state index in [1.807, 2.05) is 26.0 Å². The molecule has 1 heterocycles. The van der Waals surface area contributed by atoms with Crippen LogP contribution in [0.15, 0.2) is 54.1 Å². The van der Waals surface area contributed by atoms with E-state index in [1.54, 1.807) is 48.2 Å². The van der Waals surface area contributed by atoms with Crippen LogP contribution in [-0.4, -0.2) is 26.8 Å². The molecule has 6 heteroatoms. The molecule has 3 radical (unpaired) electrons. The molecule has 0 aliphatic heterocycles. The monoisotopic (exact) mass is 388 g/mol. The van der Waals surface area contributed by atoms with Gasteiger partial charge in [-0.25, -0.2) is 4.79 Å².